The highest BCUT2D eigenvalue weighted by molar-refractivity contribution is 5.94. The van der Waals surface area contributed by atoms with E-state index in [9.17, 15) is 18.8 Å². The molecule has 3 aliphatic rings. The van der Waals surface area contributed by atoms with Crippen LogP contribution in [-0.2, 0) is 27.2 Å². The number of primary amides is 1. The molecule has 3 amide bonds. The molecule has 13 heteroatoms. The fourth-order valence-electron chi connectivity index (χ4n) is 4.55. The normalized spacial score (nSPS) is 20.3. The van der Waals surface area contributed by atoms with Crippen molar-refractivity contribution in [1.82, 2.24) is 15.3 Å². The minimum absolute atomic E-state index is 0.129. The molecule has 4 N–H and O–H groups in total. The van der Waals surface area contributed by atoms with E-state index in [0.717, 1.165) is 5.56 Å². The number of nitrogens with zero attached hydrogens (tertiary/aromatic N) is 3. The molecular weight excluding hydrogens is 475 g/mol. The minimum atomic E-state index is -0.618. The Balaban J connectivity index is 1.08. The predicted molar refractivity (Wildman–Crippen MR) is 123 cm³/mol. The summed E-state index contributed by atoms with van der Waals surface area (Å²) in [6.45, 7) is 1.16. The number of aromatic nitrogens is 2. The molecule has 1 aromatic heterocycles. The van der Waals surface area contributed by atoms with E-state index in [2.05, 4.69) is 20.6 Å². The minimum Gasteiger partial charge on any atom is -0.484 e. The Labute approximate surface area is 205 Å². The first-order chi connectivity index (χ1) is 17.4. The van der Waals surface area contributed by atoms with Gasteiger partial charge in [0.2, 0.25) is 0 Å². The molecule has 2 aliphatic heterocycles. The van der Waals surface area contributed by atoms with Crippen molar-refractivity contribution in [2.24, 2.45) is 11.7 Å². The van der Waals surface area contributed by atoms with Gasteiger partial charge in [0, 0.05) is 6.07 Å². The SMILES string of the molecule is NC(=O)COc1cc(F)c2c(c1)CC(CNCC[C@H]1CN(c3cnc4c(n3)NC(=O)CO4)C(=O)O1)C2. The number of rotatable bonds is 9. The third kappa shape index (κ3) is 5.15. The standard InChI is InChI=1S/C23H25FN6O6/c24-17-6-15(34-10-18(25)31)5-13-3-12(4-16(13)17)7-26-2-1-14-9-30(23(33)36-14)19-8-27-22-21(28-19)29-20(32)11-35-22/h5-6,8,12,14,26H,1-4,7,9-11H2,(H2,25,31)(H,28,29,32)/t12?,14-/m0/s1. The van der Waals surface area contributed by atoms with Gasteiger partial charge in [-0.25, -0.2) is 19.2 Å². The van der Waals surface area contributed by atoms with Crippen LogP contribution in [0, 0.1) is 11.7 Å². The molecule has 0 radical (unpaired) electrons. The molecule has 1 unspecified atom stereocenters. The quantitative estimate of drug-likeness (QED) is 0.418. The molecule has 1 saturated heterocycles. The number of cyclic esters (lactones) is 1. The number of hydrogen-bond acceptors (Lipinski definition) is 9. The maximum atomic E-state index is 14.5. The molecule has 36 heavy (non-hydrogen) atoms. The van der Waals surface area contributed by atoms with Crippen molar-refractivity contribution in [1.29, 1.82) is 0 Å². The van der Waals surface area contributed by atoms with Crippen LogP contribution in [0.1, 0.15) is 17.5 Å². The smallest absolute Gasteiger partial charge is 0.415 e. The monoisotopic (exact) mass is 500 g/mol. The topological polar surface area (TPSA) is 158 Å². The summed E-state index contributed by atoms with van der Waals surface area (Å²) in [6.07, 6.45) is 2.41. The number of carbonyl (C=O) groups is 3. The van der Waals surface area contributed by atoms with Crippen molar-refractivity contribution >= 4 is 29.5 Å². The Kier molecular flexibility index (Phi) is 6.55. The van der Waals surface area contributed by atoms with Crippen molar-refractivity contribution in [2.45, 2.75) is 25.4 Å². The second kappa shape index (κ2) is 9.93. The predicted octanol–water partition coefficient (Wildman–Crippen LogP) is 0.531. The molecule has 1 aromatic carbocycles. The number of anilines is 2. The molecule has 2 atom stereocenters. The summed E-state index contributed by atoms with van der Waals surface area (Å²) >= 11 is 0. The van der Waals surface area contributed by atoms with Crippen LogP contribution in [0.3, 0.4) is 0 Å². The Morgan fingerprint density at radius 3 is 3.03 bits per heavy atom. The van der Waals surface area contributed by atoms with E-state index >= 15 is 0 Å². The molecule has 190 valence electrons. The van der Waals surface area contributed by atoms with Crippen molar-refractivity contribution in [3.05, 3.63) is 35.3 Å². The van der Waals surface area contributed by atoms with Crippen LogP contribution in [0.25, 0.3) is 0 Å². The van der Waals surface area contributed by atoms with Crippen LogP contribution in [-0.4, -0.2) is 66.8 Å². The average Bonchev–Trinajstić information content (AvgIpc) is 3.43. The van der Waals surface area contributed by atoms with Gasteiger partial charge in [0.05, 0.1) is 12.7 Å². The number of ether oxygens (including phenoxy) is 3. The van der Waals surface area contributed by atoms with Crippen molar-refractivity contribution in [3.8, 4) is 11.6 Å². The maximum absolute atomic E-state index is 14.5. The molecule has 12 nitrogen and oxygen atoms in total. The number of hydrogen-bond donors (Lipinski definition) is 3. The zero-order valence-corrected chi connectivity index (χ0v) is 19.3. The van der Waals surface area contributed by atoms with Gasteiger partial charge in [-0.3, -0.25) is 14.5 Å². The van der Waals surface area contributed by atoms with Gasteiger partial charge in [-0.05, 0) is 55.5 Å². The Bertz CT molecular complexity index is 1210. The van der Waals surface area contributed by atoms with Gasteiger partial charge in [0.1, 0.15) is 17.7 Å². The average molecular weight is 500 g/mol. The number of benzene rings is 1. The lowest BCUT2D eigenvalue weighted by Crippen LogP contribution is -2.30. The number of halogens is 1. The van der Waals surface area contributed by atoms with Crippen LogP contribution in [0.5, 0.6) is 11.6 Å². The van der Waals surface area contributed by atoms with Gasteiger partial charge in [-0.1, -0.05) is 0 Å². The summed E-state index contributed by atoms with van der Waals surface area (Å²) in [4.78, 5) is 44.5. The highest BCUT2D eigenvalue weighted by atomic mass is 19.1. The highest BCUT2D eigenvalue weighted by Crippen LogP contribution is 2.32. The van der Waals surface area contributed by atoms with Crippen LogP contribution in [0.4, 0.5) is 20.8 Å². The summed E-state index contributed by atoms with van der Waals surface area (Å²) in [7, 11) is 0. The van der Waals surface area contributed by atoms with E-state index in [0.29, 0.717) is 50.2 Å². The Morgan fingerprint density at radius 1 is 1.33 bits per heavy atom. The third-order valence-electron chi connectivity index (χ3n) is 6.19. The van der Waals surface area contributed by atoms with Gasteiger partial charge in [0.15, 0.2) is 24.8 Å². The number of carbonyl (C=O) groups excluding carboxylic acids is 3. The van der Waals surface area contributed by atoms with Gasteiger partial charge >= 0.3 is 6.09 Å². The van der Waals surface area contributed by atoms with Crippen LogP contribution < -0.4 is 30.7 Å². The number of amides is 3. The van der Waals surface area contributed by atoms with E-state index < -0.39 is 12.0 Å². The lowest BCUT2D eigenvalue weighted by Gasteiger charge is -2.18. The Hall–Kier alpha value is -4.00. The van der Waals surface area contributed by atoms with Crippen molar-refractivity contribution < 1.29 is 33.0 Å². The first-order valence-corrected chi connectivity index (χ1v) is 11.6. The summed E-state index contributed by atoms with van der Waals surface area (Å²) in [5.74, 6) is -0.151. The molecule has 1 aliphatic carbocycles. The summed E-state index contributed by atoms with van der Waals surface area (Å²) in [6, 6.07) is 3.04. The molecule has 2 aromatic rings. The summed E-state index contributed by atoms with van der Waals surface area (Å²) in [5, 5.41) is 5.93. The van der Waals surface area contributed by atoms with Crippen LogP contribution in [0.2, 0.25) is 0 Å². The van der Waals surface area contributed by atoms with E-state index in [1.807, 2.05) is 0 Å². The first-order valence-electron chi connectivity index (χ1n) is 11.6. The highest BCUT2D eigenvalue weighted by Gasteiger charge is 2.34. The van der Waals surface area contributed by atoms with Crippen molar-refractivity contribution in [2.75, 3.05) is 43.1 Å². The fraction of sp³-hybridized carbons (Fsp3) is 0.435. The lowest BCUT2D eigenvalue weighted by atomic mass is 10.1. The number of fused-ring (bicyclic) bond motifs is 2. The first kappa shape index (κ1) is 23.7. The zero-order chi connectivity index (χ0) is 25.2. The molecular formula is C23H25FN6O6. The maximum Gasteiger partial charge on any atom is 0.415 e. The van der Waals surface area contributed by atoms with Gasteiger partial charge in [0.25, 0.3) is 17.7 Å². The molecule has 0 bridgehead atoms. The second-order valence-corrected chi connectivity index (χ2v) is 8.90. The summed E-state index contributed by atoms with van der Waals surface area (Å²) < 4.78 is 30.3. The Morgan fingerprint density at radius 2 is 2.19 bits per heavy atom. The summed E-state index contributed by atoms with van der Waals surface area (Å²) in [5.41, 5.74) is 6.62. The molecule has 3 heterocycles. The van der Waals surface area contributed by atoms with E-state index in [1.165, 1.54) is 17.2 Å². The van der Waals surface area contributed by atoms with E-state index in [4.69, 9.17) is 19.9 Å². The molecule has 1 fully saturated rings. The largest absolute Gasteiger partial charge is 0.484 e. The van der Waals surface area contributed by atoms with Crippen molar-refractivity contribution in [3.63, 3.8) is 0 Å². The van der Waals surface area contributed by atoms with Crippen LogP contribution >= 0.6 is 0 Å². The van der Waals surface area contributed by atoms with E-state index in [-0.39, 0.29) is 54.5 Å². The number of nitrogens with one attached hydrogen (secondary N) is 2. The molecule has 0 spiro atoms. The molecule has 5 rings (SSSR count). The number of nitrogens with two attached hydrogens (primary N) is 1. The van der Waals surface area contributed by atoms with E-state index in [1.54, 1.807) is 6.07 Å². The van der Waals surface area contributed by atoms with Gasteiger partial charge in [-0.15, -0.1) is 0 Å². The lowest BCUT2D eigenvalue weighted by molar-refractivity contribution is -0.120. The van der Waals surface area contributed by atoms with Gasteiger partial charge < -0.3 is 30.6 Å². The molecule has 0 saturated carbocycles. The van der Waals surface area contributed by atoms with Gasteiger partial charge in [-0.2, -0.15) is 0 Å². The van der Waals surface area contributed by atoms with Crippen LogP contribution in [0.15, 0.2) is 18.3 Å². The second-order valence-electron chi connectivity index (χ2n) is 8.90. The third-order valence-corrected chi connectivity index (χ3v) is 6.19. The fourth-order valence-corrected chi connectivity index (χ4v) is 4.55. The zero-order valence-electron chi connectivity index (χ0n) is 19.3.